The number of carbonyl (C=O) groups excluding carboxylic acids is 1. The average Bonchev–Trinajstić information content (AvgIpc) is 3.16. The summed E-state index contributed by atoms with van der Waals surface area (Å²) in [6, 6.07) is 14.5. The normalized spacial score (nSPS) is 12.4. The van der Waals surface area contributed by atoms with Crippen molar-refractivity contribution in [3.05, 3.63) is 65.5 Å². The molecule has 3 rings (SSSR count). The molecule has 1 atom stereocenters. The Labute approximate surface area is 180 Å². The van der Waals surface area contributed by atoms with Gasteiger partial charge in [0.2, 0.25) is 27.6 Å². The van der Waals surface area contributed by atoms with Crippen LogP contribution in [0.15, 0.2) is 59.1 Å². The Morgan fingerprint density at radius 3 is 2.37 bits per heavy atom. The third-order valence-electron chi connectivity index (χ3n) is 4.40. The van der Waals surface area contributed by atoms with Crippen LogP contribution in [0, 0.1) is 0 Å². The molecule has 0 fully saturated rings. The molecule has 0 N–H and O–H groups in total. The van der Waals surface area contributed by atoms with Crippen LogP contribution in [0.25, 0.3) is 11.4 Å². The molecule has 0 spiro atoms. The van der Waals surface area contributed by atoms with Gasteiger partial charge in [0.15, 0.2) is 0 Å². The molecule has 2 aromatic carbocycles. The van der Waals surface area contributed by atoms with Crippen LogP contribution in [0.2, 0.25) is 5.02 Å². The highest BCUT2D eigenvalue weighted by molar-refractivity contribution is 7.92. The first-order valence-corrected chi connectivity index (χ1v) is 11.3. The molecule has 0 bridgehead atoms. The van der Waals surface area contributed by atoms with Gasteiger partial charge in [-0.25, -0.2) is 8.42 Å². The summed E-state index contributed by atoms with van der Waals surface area (Å²) >= 11 is 5.88. The minimum Gasteiger partial charge on any atom is -0.337 e. The average molecular weight is 449 g/mol. The first kappa shape index (κ1) is 21.8. The fraction of sp³-hybridized carbons (Fsp3) is 0.250. The molecule has 0 aliphatic rings. The fourth-order valence-electron chi connectivity index (χ4n) is 3.01. The van der Waals surface area contributed by atoms with Gasteiger partial charge >= 0.3 is 0 Å². The second-order valence-corrected chi connectivity index (χ2v) is 9.08. The summed E-state index contributed by atoms with van der Waals surface area (Å²) < 4.78 is 31.0. The number of amides is 1. The SMILES string of the molecule is C[C@H](C(=O)N(C)Cc1nc(-c2ccc(Cl)cc2)no1)N(c1ccccc1)S(C)(=O)=O. The Morgan fingerprint density at radius 2 is 1.77 bits per heavy atom. The molecule has 30 heavy (non-hydrogen) atoms. The lowest BCUT2D eigenvalue weighted by atomic mass is 10.2. The molecule has 0 radical (unpaired) electrons. The van der Waals surface area contributed by atoms with E-state index in [0.717, 1.165) is 16.1 Å². The van der Waals surface area contributed by atoms with Gasteiger partial charge in [-0.2, -0.15) is 4.98 Å². The van der Waals surface area contributed by atoms with Crippen LogP contribution in [0.3, 0.4) is 0 Å². The molecule has 1 amide bonds. The molecule has 10 heteroatoms. The summed E-state index contributed by atoms with van der Waals surface area (Å²) in [7, 11) is -2.13. The zero-order valence-corrected chi connectivity index (χ0v) is 18.3. The number of halogens is 1. The third kappa shape index (κ3) is 4.98. The highest BCUT2D eigenvalue weighted by Gasteiger charge is 2.31. The molecule has 0 aliphatic heterocycles. The first-order chi connectivity index (χ1) is 14.2. The highest BCUT2D eigenvalue weighted by atomic mass is 35.5. The molecule has 0 saturated heterocycles. The van der Waals surface area contributed by atoms with Crippen LogP contribution in [0.5, 0.6) is 0 Å². The summed E-state index contributed by atoms with van der Waals surface area (Å²) in [5.74, 6) is 0.196. The highest BCUT2D eigenvalue weighted by Crippen LogP contribution is 2.22. The minimum atomic E-state index is -3.68. The maximum absolute atomic E-state index is 12.9. The lowest BCUT2D eigenvalue weighted by molar-refractivity contribution is -0.131. The summed E-state index contributed by atoms with van der Waals surface area (Å²) in [6.07, 6.45) is 1.07. The van der Waals surface area contributed by atoms with Crippen molar-refractivity contribution >= 4 is 33.2 Å². The number of rotatable bonds is 7. The summed E-state index contributed by atoms with van der Waals surface area (Å²) in [4.78, 5) is 18.6. The zero-order valence-electron chi connectivity index (χ0n) is 16.7. The molecule has 0 aliphatic carbocycles. The molecule has 0 unspecified atom stereocenters. The number of carbonyl (C=O) groups is 1. The number of anilines is 1. The number of hydrogen-bond donors (Lipinski definition) is 0. The minimum absolute atomic E-state index is 0.0379. The number of aromatic nitrogens is 2. The molecule has 0 saturated carbocycles. The van der Waals surface area contributed by atoms with Gasteiger partial charge in [-0.3, -0.25) is 9.10 Å². The van der Waals surface area contributed by atoms with E-state index in [4.69, 9.17) is 16.1 Å². The Balaban J connectivity index is 1.75. The van der Waals surface area contributed by atoms with Crippen molar-refractivity contribution in [3.8, 4) is 11.4 Å². The zero-order chi connectivity index (χ0) is 21.9. The Bertz CT molecular complexity index is 1120. The van der Waals surface area contributed by atoms with Gasteiger partial charge < -0.3 is 9.42 Å². The van der Waals surface area contributed by atoms with E-state index in [2.05, 4.69) is 10.1 Å². The number of hydrogen-bond acceptors (Lipinski definition) is 6. The number of para-hydroxylation sites is 1. The lowest BCUT2D eigenvalue weighted by Gasteiger charge is -2.30. The molecular formula is C20H21ClN4O4S. The van der Waals surface area contributed by atoms with Gasteiger partial charge in [0.1, 0.15) is 6.04 Å². The molecule has 1 aromatic heterocycles. The van der Waals surface area contributed by atoms with Gasteiger partial charge in [-0.1, -0.05) is 35.0 Å². The van der Waals surface area contributed by atoms with E-state index in [1.165, 1.54) is 4.90 Å². The number of benzene rings is 2. The molecule has 1 heterocycles. The van der Waals surface area contributed by atoms with Crippen LogP contribution in [-0.4, -0.2) is 48.7 Å². The van der Waals surface area contributed by atoms with Crippen molar-refractivity contribution in [1.29, 1.82) is 0 Å². The topological polar surface area (TPSA) is 96.6 Å². The van der Waals surface area contributed by atoms with Gasteiger partial charge in [0, 0.05) is 17.6 Å². The predicted molar refractivity (Wildman–Crippen MR) is 114 cm³/mol. The van der Waals surface area contributed by atoms with E-state index in [9.17, 15) is 13.2 Å². The van der Waals surface area contributed by atoms with Gasteiger partial charge in [-0.15, -0.1) is 0 Å². The van der Waals surface area contributed by atoms with Crippen molar-refractivity contribution < 1.29 is 17.7 Å². The number of sulfonamides is 1. The summed E-state index contributed by atoms with van der Waals surface area (Å²) in [6.45, 7) is 1.58. The second-order valence-electron chi connectivity index (χ2n) is 6.78. The van der Waals surface area contributed by atoms with Crippen molar-refractivity contribution in [2.45, 2.75) is 19.5 Å². The van der Waals surface area contributed by atoms with E-state index >= 15 is 0 Å². The van der Waals surface area contributed by atoms with E-state index in [1.54, 1.807) is 68.6 Å². The number of nitrogens with zero attached hydrogens (tertiary/aromatic N) is 4. The van der Waals surface area contributed by atoms with Crippen LogP contribution in [0.4, 0.5) is 5.69 Å². The largest absolute Gasteiger partial charge is 0.337 e. The van der Waals surface area contributed by atoms with Crippen molar-refractivity contribution in [2.24, 2.45) is 0 Å². The summed E-state index contributed by atoms with van der Waals surface area (Å²) in [5, 5.41) is 4.52. The smallest absolute Gasteiger partial charge is 0.246 e. The summed E-state index contributed by atoms with van der Waals surface area (Å²) in [5.41, 5.74) is 1.14. The molecular weight excluding hydrogens is 428 g/mol. The molecule has 8 nitrogen and oxygen atoms in total. The van der Waals surface area contributed by atoms with Gasteiger partial charge in [0.05, 0.1) is 18.5 Å². The quantitative estimate of drug-likeness (QED) is 0.550. The fourth-order valence-corrected chi connectivity index (χ4v) is 4.31. The van der Waals surface area contributed by atoms with Crippen molar-refractivity contribution in [3.63, 3.8) is 0 Å². The van der Waals surface area contributed by atoms with Crippen LogP contribution in [0.1, 0.15) is 12.8 Å². The van der Waals surface area contributed by atoms with Crippen LogP contribution >= 0.6 is 11.6 Å². The van der Waals surface area contributed by atoms with Gasteiger partial charge in [-0.05, 0) is 43.3 Å². The Morgan fingerprint density at radius 1 is 1.13 bits per heavy atom. The van der Waals surface area contributed by atoms with Crippen molar-refractivity contribution in [2.75, 3.05) is 17.6 Å². The van der Waals surface area contributed by atoms with Crippen LogP contribution in [-0.2, 0) is 21.4 Å². The maximum atomic E-state index is 12.9. The predicted octanol–water partition coefficient (Wildman–Crippen LogP) is 3.20. The first-order valence-electron chi connectivity index (χ1n) is 9.05. The Kier molecular flexibility index (Phi) is 6.42. The maximum Gasteiger partial charge on any atom is 0.246 e. The van der Waals surface area contributed by atoms with E-state index in [-0.39, 0.29) is 12.4 Å². The van der Waals surface area contributed by atoms with E-state index in [1.807, 2.05) is 0 Å². The Hall–Kier alpha value is -2.91. The molecule has 158 valence electrons. The second kappa shape index (κ2) is 8.85. The monoisotopic (exact) mass is 448 g/mol. The van der Waals surface area contributed by atoms with E-state index < -0.39 is 22.0 Å². The molecule has 3 aromatic rings. The standard InChI is InChI=1S/C20H21ClN4O4S/c1-14(25(30(3,27)28)17-7-5-4-6-8-17)20(26)24(2)13-18-22-19(23-29-18)15-9-11-16(21)12-10-15/h4-12,14H,13H2,1-3H3/t14-/m1/s1. The van der Waals surface area contributed by atoms with Gasteiger partial charge in [0.25, 0.3) is 0 Å². The van der Waals surface area contributed by atoms with Crippen molar-refractivity contribution in [1.82, 2.24) is 15.0 Å². The lowest BCUT2D eigenvalue weighted by Crippen LogP contribution is -2.48. The number of likely N-dealkylation sites (N-methyl/N-ethyl adjacent to an activating group) is 1. The third-order valence-corrected chi connectivity index (χ3v) is 5.89. The van der Waals surface area contributed by atoms with Crippen LogP contribution < -0.4 is 4.31 Å². The van der Waals surface area contributed by atoms with E-state index in [0.29, 0.717) is 16.5 Å².